The van der Waals surface area contributed by atoms with E-state index >= 15 is 0 Å². The topological polar surface area (TPSA) is 15.7 Å². The normalized spacial score (nSPS) is 30.1. The van der Waals surface area contributed by atoms with E-state index in [1.165, 1.54) is 12.8 Å². The Morgan fingerprint density at radius 2 is 1.72 bits per heavy atom. The van der Waals surface area contributed by atoms with Crippen LogP contribution >= 0.6 is 0 Å². The van der Waals surface area contributed by atoms with Gasteiger partial charge in [-0.1, -0.05) is 12.8 Å². The molecule has 3 nitrogen and oxygen atoms in total. The summed E-state index contributed by atoms with van der Waals surface area (Å²) < 4.78 is 45.5. The van der Waals surface area contributed by atoms with E-state index in [-0.39, 0.29) is 6.54 Å². The van der Waals surface area contributed by atoms with Crippen molar-refractivity contribution in [3.63, 3.8) is 0 Å². The largest absolute Gasteiger partial charge is 0.405 e. The number of likely N-dealkylation sites (N-methyl/N-ethyl adjacent to an activating group) is 1. The molecule has 1 atom stereocenters. The minimum atomic E-state index is -4.12. The average Bonchev–Trinajstić information content (AvgIpc) is 2.52. The summed E-state index contributed by atoms with van der Waals surface area (Å²) >= 11 is 0. The first kappa shape index (κ1) is 21.0. The maximum atomic E-state index is 13.2. The Morgan fingerprint density at radius 1 is 1.04 bits per heavy atom. The summed E-state index contributed by atoms with van der Waals surface area (Å²) in [5.74, 6) is 0.734. The van der Waals surface area contributed by atoms with E-state index in [2.05, 4.69) is 13.8 Å². The highest BCUT2D eigenvalue weighted by Crippen LogP contribution is 2.31. The van der Waals surface area contributed by atoms with E-state index in [9.17, 15) is 13.2 Å². The SMILES string of the molecule is CC(C)OC1CCC(CCCCN2CCN(C)CC2C(F)(F)F)CC1. The molecule has 1 heterocycles. The number of piperazine rings is 1. The minimum Gasteiger partial charge on any atom is -0.376 e. The molecule has 148 valence electrons. The van der Waals surface area contributed by atoms with Crippen LogP contribution in [0, 0.1) is 5.92 Å². The minimum absolute atomic E-state index is 0.101. The molecule has 0 bridgehead atoms. The molecule has 1 saturated heterocycles. The second kappa shape index (κ2) is 9.56. The van der Waals surface area contributed by atoms with Crippen molar-refractivity contribution in [3.8, 4) is 0 Å². The number of hydrogen-bond acceptors (Lipinski definition) is 3. The number of halogens is 3. The van der Waals surface area contributed by atoms with Gasteiger partial charge in [0.05, 0.1) is 12.2 Å². The van der Waals surface area contributed by atoms with Crippen molar-refractivity contribution in [3.05, 3.63) is 0 Å². The van der Waals surface area contributed by atoms with Crippen LogP contribution in [0.2, 0.25) is 0 Å². The van der Waals surface area contributed by atoms with Gasteiger partial charge in [0.2, 0.25) is 0 Å². The van der Waals surface area contributed by atoms with Crippen LogP contribution in [0.3, 0.4) is 0 Å². The van der Waals surface area contributed by atoms with Crippen molar-refractivity contribution >= 4 is 0 Å². The van der Waals surface area contributed by atoms with Gasteiger partial charge in [-0.25, -0.2) is 0 Å². The maximum absolute atomic E-state index is 13.2. The lowest BCUT2D eigenvalue weighted by molar-refractivity contribution is -0.196. The Balaban J connectivity index is 1.64. The molecule has 6 heteroatoms. The van der Waals surface area contributed by atoms with Gasteiger partial charge in [0.25, 0.3) is 0 Å². The van der Waals surface area contributed by atoms with Gasteiger partial charge in [-0.2, -0.15) is 13.2 Å². The summed E-state index contributed by atoms with van der Waals surface area (Å²) in [5.41, 5.74) is 0. The highest BCUT2D eigenvalue weighted by molar-refractivity contribution is 4.86. The molecule has 2 aliphatic rings. The van der Waals surface area contributed by atoms with E-state index < -0.39 is 12.2 Å². The van der Waals surface area contributed by atoms with Crippen LogP contribution in [0.5, 0.6) is 0 Å². The molecule has 0 aromatic heterocycles. The fourth-order valence-corrected chi connectivity index (χ4v) is 4.22. The predicted octanol–water partition coefficient (Wildman–Crippen LogP) is 4.32. The number of ether oxygens (including phenoxy) is 1. The van der Waals surface area contributed by atoms with Gasteiger partial charge in [0.1, 0.15) is 6.04 Å². The summed E-state index contributed by atoms with van der Waals surface area (Å²) in [6.45, 7) is 6.09. The molecule has 25 heavy (non-hydrogen) atoms. The smallest absolute Gasteiger partial charge is 0.376 e. The van der Waals surface area contributed by atoms with Crippen molar-refractivity contribution in [1.29, 1.82) is 0 Å². The quantitative estimate of drug-likeness (QED) is 0.626. The predicted molar refractivity (Wildman–Crippen MR) is 94.7 cm³/mol. The van der Waals surface area contributed by atoms with Crippen LogP contribution < -0.4 is 0 Å². The average molecular weight is 364 g/mol. The molecular formula is C19H35F3N2O. The van der Waals surface area contributed by atoms with E-state index in [0.29, 0.717) is 25.3 Å². The summed E-state index contributed by atoms with van der Waals surface area (Å²) in [4.78, 5) is 3.43. The Morgan fingerprint density at radius 3 is 2.32 bits per heavy atom. The van der Waals surface area contributed by atoms with Crippen LogP contribution in [0.25, 0.3) is 0 Å². The van der Waals surface area contributed by atoms with Gasteiger partial charge >= 0.3 is 6.18 Å². The fraction of sp³-hybridized carbons (Fsp3) is 1.00. The van der Waals surface area contributed by atoms with Gasteiger partial charge in [-0.15, -0.1) is 0 Å². The third kappa shape index (κ3) is 7.06. The molecule has 0 amide bonds. The molecule has 0 aromatic rings. The summed E-state index contributed by atoms with van der Waals surface area (Å²) in [7, 11) is 1.77. The third-order valence-corrected chi connectivity index (χ3v) is 5.64. The molecule has 1 aliphatic heterocycles. The molecule has 1 unspecified atom stereocenters. The van der Waals surface area contributed by atoms with E-state index in [1.807, 2.05) is 0 Å². The van der Waals surface area contributed by atoms with Crippen LogP contribution in [-0.2, 0) is 4.74 Å². The maximum Gasteiger partial charge on any atom is 0.405 e. The first-order valence-electron chi connectivity index (χ1n) is 9.90. The van der Waals surface area contributed by atoms with Gasteiger partial charge in [0, 0.05) is 19.6 Å². The van der Waals surface area contributed by atoms with Crippen molar-refractivity contribution in [2.75, 3.05) is 33.2 Å². The summed E-state index contributed by atoms with van der Waals surface area (Å²) in [6, 6.07) is -1.30. The summed E-state index contributed by atoms with van der Waals surface area (Å²) in [6.07, 6.45) is 4.34. The van der Waals surface area contributed by atoms with Crippen LogP contribution in [0.15, 0.2) is 0 Å². The standard InChI is InChI=1S/C19H35F3N2O/c1-15(2)25-17-9-7-16(8-10-17)6-4-5-11-24-13-12-23(3)14-18(24)19(20,21)22/h15-18H,4-14H2,1-3H3. The highest BCUT2D eigenvalue weighted by atomic mass is 19.4. The zero-order valence-electron chi connectivity index (χ0n) is 16.0. The number of rotatable bonds is 7. The first-order chi connectivity index (χ1) is 11.8. The Kier molecular flexibility index (Phi) is 8.02. The van der Waals surface area contributed by atoms with Gasteiger partial charge in [0.15, 0.2) is 0 Å². The van der Waals surface area contributed by atoms with Crippen LogP contribution in [0.1, 0.15) is 58.8 Å². The van der Waals surface area contributed by atoms with Crippen molar-refractivity contribution < 1.29 is 17.9 Å². The summed E-state index contributed by atoms with van der Waals surface area (Å²) in [5, 5.41) is 0. The first-order valence-corrected chi connectivity index (χ1v) is 9.90. The molecule has 0 radical (unpaired) electrons. The van der Waals surface area contributed by atoms with Gasteiger partial charge in [-0.3, -0.25) is 4.90 Å². The van der Waals surface area contributed by atoms with Gasteiger partial charge in [-0.05, 0) is 65.5 Å². The number of alkyl halides is 3. The molecule has 0 aromatic carbocycles. The molecule has 1 saturated carbocycles. The molecule has 0 spiro atoms. The molecule has 2 fully saturated rings. The van der Waals surface area contributed by atoms with Crippen molar-refractivity contribution in [2.45, 2.75) is 83.2 Å². The highest BCUT2D eigenvalue weighted by Gasteiger charge is 2.45. The number of hydrogen-bond donors (Lipinski definition) is 0. The fourth-order valence-electron chi connectivity index (χ4n) is 4.22. The van der Waals surface area contributed by atoms with Crippen LogP contribution in [0.4, 0.5) is 13.2 Å². The zero-order valence-corrected chi connectivity index (χ0v) is 16.0. The van der Waals surface area contributed by atoms with E-state index in [1.54, 1.807) is 16.8 Å². The van der Waals surface area contributed by atoms with Crippen molar-refractivity contribution in [1.82, 2.24) is 9.80 Å². The molecular weight excluding hydrogens is 329 g/mol. The number of unbranched alkanes of at least 4 members (excludes halogenated alkanes) is 1. The zero-order chi connectivity index (χ0) is 18.4. The van der Waals surface area contributed by atoms with Crippen LogP contribution in [-0.4, -0.2) is 67.5 Å². The second-order valence-corrected chi connectivity index (χ2v) is 8.18. The van der Waals surface area contributed by atoms with Crippen molar-refractivity contribution in [2.24, 2.45) is 5.92 Å². The lowest BCUT2D eigenvalue weighted by Crippen LogP contribution is -2.58. The Labute approximate surface area is 150 Å². The van der Waals surface area contributed by atoms with Gasteiger partial charge < -0.3 is 9.64 Å². The monoisotopic (exact) mass is 364 g/mol. The lowest BCUT2D eigenvalue weighted by Gasteiger charge is -2.40. The second-order valence-electron chi connectivity index (χ2n) is 8.18. The third-order valence-electron chi connectivity index (χ3n) is 5.64. The van der Waals surface area contributed by atoms with E-state index in [0.717, 1.165) is 44.6 Å². The Bertz CT molecular complexity index is 381. The molecule has 0 N–H and O–H groups in total. The lowest BCUT2D eigenvalue weighted by atomic mass is 9.84. The Hall–Kier alpha value is -0.330. The molecule has 2 rings (SSSR count). The van der Waals surface area contributed by atoms with E-state index in [4.69, 9.17) is 4.74 Å². The number of nitrogens with zero attached hydrogens (tertiary/aromatic N) is 2. The molecule has 1 aliphatic carbocycles.